The summed E-state index contributed by atoms with van der Waals surface area (Å²) in [4.78, 5) is 19.9. The fraction of sp³-hybridized carbons (Fsp3) is 0.444. The monoisotopic (exact) mass is 658 g/mol. The first-order chi connectivity index (χ1) is 22.7. The van der Waals surface area contributed by atoms with Crippen LogP contribution in [-0.2, 0) is 27.8 Å². The van der Waals surface area contributed by atoms with E-state index in [2.05, 4.69) is 38.5 Å². The van der Waals surface area contributed by atoms with Crippen molar-refractivity contribution >= 4 is 38.5 Å². The van der Waals surface area contributed by atoms with Crippen molar-refractivity contribution in [2.24, 2.45) is 0 Å². The smallest absolute Gasteiger partial charge is 0.276 e. The first kappa shape index (κ1) is 31.7. The lowest BCUT2D eigenvalue weighted by atomic mass is 9.81. The molecule has 2 aromatic heterocycles. The average molecular weight is 659 g/mol. The molecule has 1 aliphatic carbocycles. The van der Waals surface area contributed by atoms with Gasteiger partial charge in [0.2, 0.25) is 10.0 Å². The molecule has 4 heterocycles. The number of nitrogens with one attached hydrogen (secondary N) is 1. The number of ether oxygens (including phenoxy) is 2. The Kier molecular flexibility index (Phi) is 8.71. The Labute approximate surface area is 275 Å². The molecule has 248 valence electrons. The minimum absolute atomic E-state index is 0.173. The van der Waals surface area contributed by atoms with E-state index in [0.29, 0.717) is 50.2 Å². The minimum atomic E-state index is -3.43. The lowest BCUT2D eigenvalue weighted by molar-refractivity contribution is 0.0298. The van der Waals surface area contributed by atoms with Crippen LogP contribution in [0.4, 0.5) is 0 Å². The van der Waals surface area contributed by atoms with Gasteiger partial charge in [-0.15, -0.1) is 0 Å². The SMILES string of the molecule is COc1ccc2c(c1)C=C(c1ocnc1C(=O)N1CCOCC1)Cn1c-2c(C2CCCCC2)c2ccc(CNS(=O)(=O)C(C)C)cc21. The normalized spacial score (nSPS) is 17.4. The van der Waals surface area contributed by atoms with Gasteiger partial charge in [0.05, 0.1) is 37.8 Å². The van der Waals surface area contributed by atoms with E-state index in [1.165, 1.54) is 36.6 Å². The number of aromatic nitrogens is 2. The highest BCUT2D eigenvalue weighted by molar-refractivity contribution is 7.90. The Morgan fingerprint density at radius 1 is 1.09 bits per heavy atom. The Hall–Kier alpha value is -3.93. The summed E-state index contributed by atoms with van der Waals surface area (Å²) in [5.74, 6) is 1.41. The predicted octanol–water partition coefficient (Wildman–Crippen LogP) is 6.21. The molecule has 10 nitrogen and oxygen atoms in total. The molecule has 11 heteroatoms. The van der Waals surface area contributed by atoms with Gasteiger partial charge in [-0.3, -0.25) is 4.79 Å². The van der Waals surface area contributed by atoms with Gasteiger partial charge in [-0.2, -0.15) is 0 Å². The third-order valence-electron chi connectivity index (χ3n) is 9.81. The van der Waals surface area contributed by atoms with Gasteiger partial charge in [0, 0.05) is 41.7 Å². The number of benzene rings is 2. The van der Waals surface area contributed by atoms with E-state index in [4.69, 9.17) is 13.9 Å². The van der Waals surface area contributed by atoms with E-state index in [-0.39, 0.29) is 12.5 Å². The zero-order valence-corrected chi connectivity index (χ0v) is 28.1. The summed E-state index contributed by atoms with van der Waals surface area (Å²) in [6, 6.07) is 12.5. The van der Waals surface area contributed by atoms with Crippen molar-refractivity contribution in [2.75, 3.05) is 33.4 Å². The molecule has 0 bridgehead atoms. The van der Waals surface area contributed by atoms with Gasteiger partial charge in [-0.1, -0.05) is 31.4 Å². The second-order valence-electron chi connectivity index (χ2n) is 13.0. The van der Waals surface area contributed by atoms with Crippen LogP contribution in [0, 0.1) is 0 Å². The quantitative estimate of drug-likeness (QED) is 0.240. The van der Waals surface area contributed by atoms with Crippen molar-refractivity contribution in [2.45, 2.75) is 70.2 Å². The molecule has 1 saturated heterocycles. The first-order valence-corrected chi connectivity index (χ1v) is 18.1. The van der Waals surface area contributed by atoms with Crippen molar-refractivity contribution in [3.8, 4) is 17.0 Å². The van der Waals surface area contributed by atoms with Crippen molar-refractivity contribution in [3.63, 3.8) is 0 Å². The highest BCUT2D eigenvalue weighted by atomic mass is 32.2. The number of amides is 1. The Bertz CT molecular complexity index is 1940. The van der Waals surface area contributed by atoms with Crippen molar-refractivity contribution in [3.05, 3.63) is 70.9 Å². The molecular formula is C36H42N4O6S. The number of carbonyl (C=O) groups is 1. The third-order valence-corrected chi connectivity index (χ3v) is 11.6. The molecule has 0 radical (unpaired) electrons. The van der Waals surface area contributed by atoms with Crippen LogP contribution in [-0.4, -0.2) is 67.4 Å². The second-order valence-corrected chi connectivity index (χ2v) is 15.3. The average Bonchev–Trinajstić information content (AvgIpc) is 3.66. The maximum absolute atomic E-state index is 13.7. The number of hydrogen-bond acceptors (Lipinski definition) is 7. The number of hydrogen-bond donors (Lipinski definition) is 1. The summed E-state index contributed by atoms with van der Waals surface area (Å²) in [5, 5.41) is 0.652. The summed E-state index contributed by atoms with van der Waals surface area (Å²) < 4.78 is 47.6. The van der Waals surface area contributed by atoms with Gasteiger partial charge in [0.15, 0.2) is 17.8 Å². The summed E-state index contributed by atoms with van der Waals surface area (Å²) >= 11 is 0. The van der Waals surface area contributed by atoms with Crippen LogP contribution in [0.2, 0.25) is 0 Å². The van der Waals surface area contributed by atoms with E-state index in [0.717, 1.165) is 52.1 Å². The number of fused-ring (bicyclic) bond motifs is 5. The van der Waals surface area contributed by atoms with Crippen LogP contribution in [0.5, 0.6) is 5.75 Å². The van der Waals surface area contributed by atoms with Crippen LogP contribution in [0.15, 0.2) is 47.2 Å². The van der Waals surface area contributed by atoms with E-state index in [9.17, 15) is 13.2 Å². The molecule has 47 heavy (non-hydrogen) atoms. The summed E-state index contributed by atoms with van der Waals surface area (Å²) in [6.07, 6.45) is 9.31. The van der Waals surface area contributed by atoms with E-state index in [1.54, 1.807) is 25.9 Å². The van der Waals surface area contributed by atoms with Crippen LogP contribution in [0.3, 0.4) is 0 Å². The van der Waals surface area contributed by atoms with Crippen molar-refractivity contribution < 1.29 is 27.1 Å². The fourth-order valence-corrected chi connectivity index (χ4v) is 7.93. The van der Waals surface area contributed by atoms with Gasteiger partial charge in [-0.25, -0.2) is 18.1 Å². The lowest BCUT2D eigenvalue weighted by Crippen LogP contribution is -2.41. The van der Waals surface area contributed by atoms with Gasteiger partial charge in [0.25, 0.3) is 5.91 Å². The standard InChI is InChI=1S/C36H42N4O6S/c1-23(2)47(42,43)38-20-24-9-11-30-31(17-24)40-21-27(35-33(37-22-46-35)36(41)39-13-15-45-16-14-39)18-26-19-28(44-3)10-12-29(26)34(40)32(30)25-7-5-4-6-8-25/h9-12,17-19,22-23,25,38H,4-8,13-16,20-21H2,1-3H3. The molecule has 1 saturated carbocycles. The van der Waals surface area contributed by atoms with Crippen LogP contribution in [0.25, 0.3) is 33.8 Å². The van der Waals surface area contributed by atoms with Crippen LogP contribution in [0.1, 0.15) is 84.8 Å². The highest BCUT2D eigenvalue weighted by Gasteiger charge is 2.32. The number of oxazole rings is 1. The van der Waals surface area contributed by atoms with Crippen molar-refractivity contribution in [1.29, 1.82) is 0 Å². The Morgan fingerprint density at radius 3 is 2.62 bits per heavy atom. The Morgan fingerprint density at radius 2 is 1.87 bits per heavy atom. The topological polar surface area (TPSA) is 116 Å². The van der Waals surface area contributed by atoms with Crippen LogP contribution < -0.4 is 9.46 Å². The third kappa shape index (κ3) is 6.00. The van der Waals surface area contributed by atoms with Crippen LogP contribution >= 0.6 is 0 Å². The second kappa shape index (κ2) is 12.9. The molecule has 7 rings (SSSR count). The molecule has 2 fully saturated rings. The molecule has 0 atom stereocenters. The molecule has 0 unspecified atom stereocenters. The van der Waals surface area contributed by atoms with Crippen molar-refractivity contribution in [1.82, 2.24) is 19.2 Å². The number of allylic oxidation sites excluding steroid dienone is 1. The molecule has 1 N–H and O–H groups in total. The fourth-order valence-electron chi connectivity index (χ4n) is 7.23. The minimum Gasteiger partial charge on any atom is -0.497 e. The molecule has 2 aromatic carbocycles. The summed E-state index contributed by atoms with van der Waals surface area (Å²) in [7, 11) is -1.77. The van der Waals surface area contributed by atoms with E-state index in [1.807, 2.05) is 18.2 Å². The lowest BCUT2D eigenvalue weighted by Gasteiger charge is -2.26. The molecular weight excluding hydrogens is 616 g/mol. The number of methoxy groups -OCH3 is 1. The van der Waals surface area contributed by atoms with Gasteiger partial charge in [0.1, 0.15) is 5.75 Å². The number of sulfonamides is 1. The largest absolute Gasteiger partial charge is 0.497 e. The molecule has 4 aromatic rings. The molecule has 1 amide bonds. The van der Waals surface area contributed by atoms with E-state index >= 15 is 0 Å². The zero-order valence-electron chi connectivity index (χ0n) is 27.3. The van der Waals surface area contributed by atoms with Gasteiger partial charge < -0.3 is 23.4 Å². The number of carbonyl (C=O) groups excluding carboxylic acids is 1. The zero-order chi connectivity index (χ0) is 32.7. The van der Waals surface area contributed by atoms with Gasteiger partial charge >= 0.3 is 0 Å². The number of rotatable bonds is 8. The number of nitrogens with zero attached hydrogens (tertiary/aromatic N) is 3. The molecule has 3 aliphatic rings. The Balaban J connectivity index is 1.41. The first-order valence-electron chi connectivity index (χ1n) is 16.6. The van der Waals surface area contributed by atoms with Gasteiger partial charge in [-0.05, 0) is 79.6 Å². The molecule has 2 aliphatic heterocycles. The maximum Gasteiger partial charge on any atom is 0.276 e. The summed E-state index contributed by atoms with van der Waals surface area (Å²) in [5.41, 5.74) is 7.56. The summed E-state index contributed by atoms with van der Waals surface area (Å²) in [6.45, 7) is 5.99. The number of morpholine rings is 1. The maximum atomic E-state index is 13.7. The highest BCUT2D eigenvalue weighted by Crippen LogP contribution is 2.48. The predicted molar refractivity (Wildman–Crippen MR) is 182 cm³/mol. The molecule has 0 spiro atoms. The van der Waals surface area contributed by atoms with E-state index < -0.39 is 15.3 Å².